The minimum atomic E-state index is -0.370. The molecule has 0 bridgehead atoms. The Kier molecular flexibility index (Phi) is 7.54. The molecule has 2 aromatic carbocycles. The number of hydrogen-bond donors (Lipinski definition) is 1. The number of nitrogens with one attached hydrogen (secondary N) is 1. The minimum Gasteiger partial charge on any atom is -0.493 e. The monoisotopic (exact) mass is 429 g/mol. The van der Waals surface area contributed by atoms with Gasteiger partial charge >= 0.3 is 0 Å². The highest BCUT2D eigenvalue weighted by molar-refractivity contribution is 9.10. The Morgan fingerprint density at radius 2 is 2.04 bits per heavy atom. The summed E-state index contributed by atoms with van der Waals surface area (Å²) in [5.41, 5.74) is 1.80. The van der Waals surface area contributed by atoms with E-state index in [0.29, 0.717) is 28.1 Å². The van der Waals surface area contributed by atoms with Crippen LogP contribution in [-0.4, -0.2) is 13.2 Å². The molecule has 2 rings (SSSR count). The average Bonchev–Trinajstić information content (AvgIpc) is 2.59. The van der Waals surface area contributed by atoms with Crippen molar-refractivity contribution in [3.05, 3.63) is 56.8 Å². The van der Waals surface area contributed by atoms with E-state index in [0.717, 1.165) is 23.0 Å². The fourth-order valence-electron chi connectivity index (χ4n) is 2.24. The Labute approximate surface area is 161 Å². The van der Waals surface area contributed by atoms with Crippen LogP contribution in [0.5, 0.6) is 11.5 Å². The summed E-state index contributed by atoms with van der Waals surface area (Å²) in [6.45, 7) is 5.26. The molecule has 0 heterocycles. The topological polar surface area (TPSA) is 30.5 Å². The lowest BCUT2D eigenvalue weighted by molar-refractivity contribution is 0.282. The third-order valence-corrected chi connectivity index (χ3v) is 4.88. The smallest absolute Gasteiger partial charge is 0.175 e. The molecule has 1 N–H and O–H groups in total. The number of hydrogen-bond acceptors (Lipinski definition) is 3. The molecular formula is C19H22BrClFNO2. The van der Waals surface area contributed by atoms with Crippen LogP contribution < -0.4 is 14.8 Å². The van der Waals surface area contributed by atoms with Gasteiger partial charge in [0.15, 0.2) is 11.5 Å². The fourth-order valence-corrected chi connectivity index (χ4v) is 3.07. The molecule has 136 valence electrons. The highest BCUT2D eigenvalue weighted by Gasteiger charge is 2.13. The van der Waals surface area contributed by atoms with E-state index in [-0.39, 0.29) is 12.4 Å². The van der Waals surface area contributed by atoms with Crippen molar-refractivity contribution in [1.82, 2.24) is 5.32 Å². The third-order valence-electron chi connectivity index (χ3n) is 3.94. The molecule has 0 aliphatic heterocycles. The largest absolute Gasteiger partial charge is 0.493 e. The lowest BCUT2D eigenvalue weighted by atomic mass is 10.1. The van der Waals surface area contributed by atoms with E-state index in [4.69, 9.17) is 21.1 Å². The van der Waals surface area contributed by atoms with E-state index < -0.39 is 0 Å². The maximum Gasteiger partial charge on any atom is 0.175 e. The first-order chi connectivity index (χ1) is 11.9. The Balaban J connectivity index is 2.14. The van der Waals surface area contributed by atoms with Crippen LogP contribution in [0.2, 0.25) is 5.02 Å². The summed E-state index contributed by atoms with van der Waals surface area (Å²) in [6, 6.07) is 8.64. The van der Waals surface area contributed by atoms with Gasteiger partial charge in [0, 0.05) is 18.2 Å². The van der Waals surface area contributed by atoms with Gasteiger partial charge in [-0.2, -0.15) is 0 Å². The van der Waals surface area contributed by atoms with Crippen molar-refractivity contribution in [2.45, 2.75) is 39.5 Å². The molecule has 25 heavy (non-hydrogen) atoms. The van der Waals surface area contributed by atoms with Crippen molar-refractivity contribution in [1.29, 1.82) is 0 Å². The van der Waals surface area contributed by atoms with Gasteiger partial charge in [-0.15, -0.1) is 0 Å². The molecular weight excluding hydrogens is 409 g/mol. The van der Waals surface area contributed by atoms with Crippen molar-refractivity contribution < 1.29 is 13.9 Å². The number of benzene rings is 2. The van der Waals surface area contributed by atoms with E-state index >= 15 is 0 Å². The molecule has 0 aliphatic rings. The Morgan fingerprint density at radius 1 is 1.28 bits per heavy atom. The normalized spacial score (nSPS) is 12.1. The summed E-state index contributed by atoms with van der Waals surface area (Å²) in [5, 5.41) is 3.78. The molecule has 0 unspecified atom stereocenters. The van der Waals surface area contributed by atoms with Gasteiger partial charge in [-0.3, -0.25) is 0 Å². The molecule has 6 heteroatoms. The van der Waals surface area contributed by atoms with E-state index in [1.165, 1.54) is 12.1 Å². The second-order valence-corrected chi connectivity index (χ2v) is 7.09. The predicted molar refractivity (Wildman–Crippen MR) is 103 cm³/mol. The lowest BCUT2D eigenvalue weighted by Gasteiger charge is -2.16. The summed E-state index contributed by atoms with van der Waals surface area (Å²) in [5.74, 6) is 0.856. The highest BCUT2D eigenvalue weighted by atomic mass is 79.9. The number of rotatable bonds is 8. The molecule has 0 aromatic heterocycles. The average molecular weight is 431 g/mol. The van der Waals surface area contributed by atoms with Crippen molar-refractivity contribution in [2.75, 3.05) is 7.11 Å². The van der Waals surface area contributed by atoms with Gasteiger partial charge in [0.05, 0.1) is 16.6 Å². The van der Waals surface area contributed by atoms with Gasteiger partial charge in [0.1, 0.15) is 12.4 Å². The molecule has 0 saturated carbocycles. The van der Waals surface area contributed by atoms with E-state index in [1.54, 1.807) is 13.2 Å². The summed E-state index contributed by atoms with van der Waals surface area (Å²) < 4.78 is 25.3. The Bertz CT molecular complexity index is 727. The molecule has 0 amide bonds. The van der Waals surface area contributed by atoms with Crippen LogP contribution in [0.4, 0.5) is 4.39 Å². The van der Waals surface area contributed by atoms with E-state index in [9.17, 15) is 4.39 Å². The number of halogens is 3. The maximum absolute atomic E-state index is 13.1. The SMILES string of the molecule is CC[C@@H](C)NCc1cc(Br)c(OCc2ccc(F)cc2Cl)c(OC)c1. The Hall–Kier alpha value is -1.30. The van der Waals surface area contributed by atoms with Crippen LogP contribution in [0, 0.1) is 5.82 Å². The quantitative estimate of drug-likeness (QED) is 0.581. The molecule has 0 saturated heterocycles. The van der Waals surface area contributed by atoms with Crippen molar-refractivity contribution in [3.63, 3.8) is 0 Å². The van der Waals surface area contributed by atoms with Gasteiger partial charge in [-0.1, -0.05) is 24.6 Å². The van der Waals surface area contributed by atoms with Crippen LogP contribution in [0.1, 0.15) is 31.4 Å². The lowest BCUT2D eigenvalue weighted by Crippen LogP contribution is -2.24. The van der Waals surface area contributed by atoms with Gasteiger partial charge in [-0.05, 0) is 59.1 Å². The summed E-state index contributed by atoms with van der Waals surface area (Å²) in [6.07, 6.45) is 1.07. The predicted octanol–water partition coefficient (Wildman–Crippen LogP) is 5.72. The zero-order valence-electron chi connectivity index (χ0n) is 14.5. The number of ether oxygens (including phenoxy) is 2. The molecule has 3 nitrogen and oxygen atoms in total. The van der Waals surface area contributed by atoms with Crippen LogP contribution in [0.3, 0.4) is 0 Å². The first kappa shape index (κ1) is 20.0. The van der Waals surface area contributed by atoms with Gasteiger partial charge in [0.2, 0.25) is 0 Å². The Morgan fingerprint density at radius 3 is 2.68 bits per heavy atom. The van der Waals surface area contributed by atoms with Crippen LogP contribution >= 0.6 is 27.5 Å². The maximum atomic E-state index is 13.1. The molecule has 0 spiro atoms. The molecule has 1 atom stereocenters. The number of methoxy groups -OCH3 is 1. The summed E-state index contributed by atoms with van der Waals surface area (Å²) >= 11 is 9.59. The van der Waals surface area contributed by atoms with Crippen molar-refractivity contribution in [3.8, 4) is 11.5 Å². The zero-order valence-corrected chi connectivity index (χ0v) is 16.9. The van der Waals surface area contributed by atoms with Crippen LogP contribution in [0.15, 0.2) is 34.8 Å². The summed E-state index contributed by atoms with van der Waals surface area (Å²) in [7, 11) is 1.60. The fraction of sp³-hybridized carbons (Fsp3) is 0.368. The van der Waals surface area contributed by atoms with Gasteiger partial charge in [0.25, 0.3) is 0 Å². The second kappa shape index (κ2) is 9.41. The zero-order chi connectivity index (χ0) is 18.4. The molecule has 0 aliphatic carbocycles. The minimum absolute atomic E-state index is 0.221. The first-order valence-corrected chi connectivity index (χ1v) is 9.28. The van der Waals surface area contributed by atoms with E-state index in [2.05, 4.69) is 35.1 Å². The van der Waals surface area contributed by atoms with Crippen molar-refractivity contribution >= 4 is 27.5 Å². The third kappa shape index (κ3) is 5.59. The van der Waals surface area contributed by atoms with E-state index in [1.807, 2.05) is 12.1 Å². The summed E-state index contributed by atoms with van der Waals surface area (Å²) in [4.78, 5) is 0. The highest BCUT2D eigenvalue weighted by Crippen LogP contribution is 2.37. The second-order valence-electron chi connectivity index (χ2n) is 5.82. The molecule has 0 fully saturated rings. The van der Waals surface area contributed by atoms with Gasteiger partial charge in [-0.25, -0.2) is 4.39 Å². The molecule has 0 radical (unpaired) electrons. The molecule has 2 aromatic rings. The van der Waals surface area contributed by atoms with Crippen LogP contribution in [0.25, 0.3) is 0 Å². The van der Waals surface area contributed by atoms with Gasteiger partial charge < -0.3 is 14.8 Å². The standard InChI is InChI=1S/C19H22BrClFNO2/c1-4-12(2)23-10-13-7-16(20)19(18(8-13)24-3)25-11-14-5-6-15(22)9-17(14)21/h5-9,12,23H,4,10-11H2,1-3H3/t12-/m1/s1. The van der Waals surface area contributed by atoms with Crippen molar-refractivity contribution in [2.24, 2.45) is 0 Å². The first-order valence-electron chi connectivity index (χ1n) is 8.11. The van der Waals surface area contributed by atoms with Crippen LogP contribution in [-0.2, 0) is 13.2 Å².